The van der Waals surface area contributed by atoms with Crippen LogP contribution >= 0.6 is 0 Å². The van der Waals surface area contributed by atoms with Gasteiger partial charge in [0.1, 0.15) is 6.04 Å². The lowest BCUT2D eigenvalue weighted by Gasteiger charge is -2.70. The van der Waals surface area contributed by atoms with Gasteiger partial charge in [0.15, 0.2) is 5.76 Å². The molecule has 1 saturated heterocycles. The summed E-state index contributed by atoms with van der Waals surface area (Å²) in [5.74, 6) is 0.0870. The number of rotatable bonds is 3. The Morgan fingerprint density at radius 2 is 1.79 bits per heavy atom. The second-order valence-corrected chi connectivity index (χ2v) is 15.1. The molecule has 0 bridgehead atoms. The van der Waals surface area contributed by atoms with Crippen molar-refractivity contribution in [3.63, 3.8) is 0 Å². The topological polar surface area (TPSA) is 75.6 Å². The molecule has 0 spiro atoms. The number of hydrogen-bond donors (Lipinski definition) is 2. The minimum atomic E-state index is -0.262. The summed E-state index contributed by atoms with van der Waals surface area (Å²) in [5.41, 5.74) is 4.49. The van der Waals surface area contributed by atoms with Gasteiger partial charge in [-0.25, -0.2) is 0 Å². The lowest BCUT2D eigenvalue weighted by Crippen LogP contribution is -2.62. The lowest BCUT2D eigenvalue weighted by molar-refractivity contribution is -0.174. The third-order valence-corrected chi connectivity index (χ3v) is 12.9. The zero-order chi connectivity index (χ0) is 28.0. The van der Waals surface area contributed by atoms with E-state index < -0.39 is 0 Å². The molecule has 1 unspecified atom stereocenters. The number of aliphatic hydroxyl groups is 1. The van der Waals surface area contributed by atoms with Crippen LogP contribution in [-0.4, -0.2) is 36.1 Å². The second kappa shape index (κ2) is 8.68. The molecule has 0 amide bonds. The van der Waals surface area contributed by atoms with Crippen LogP contribution in [0.3, 0.4) is 0 Å². The zero-order valence-corrected chi connectivity index (χ0v) is 24.8. The first-order valence-electron chi connectivity index (χ1n) is 15.3. The van der Waals surface area contributed by atoms with E-state index in [1.807, 2.05) is 6.92 Å². The van der Waals surface area contributed by atoms with Gasteiger partial charge in [0.05, 0.1) is 6.61 Å². The number of hydrogen-bond acceptors (Lipinski definition) is 5. The lowest BCUT2D eigenvalue weighted by atomic mass is 9.34. The molecule has 212 valence electrons. The van der Waals surface area contributed by atoms with Crippen molar-refractivity contribution in [2.45, 2.75) is 105 Å². The first-order valence-corrected chi connectivity index (χ1v) is 15.3. The van der Waals surface area contributed by atoms with E-state index in [-0.39, 0.29) is 45.2 Å². The number of nitrogens with one attached hydrogen (secondary N) is 1. The van der Waals surface area contributed by atoms with Crippen LogP contribution in [0, 0.1) is 33.0 Å². The number of ketones is 1. The molecule has 0 radical (unpaired) electrons. The number of esters is 1. The Labute approximate surface area is 234 Å². The highest BCUT2D eigenvalue weighted by Crippen LogP contribution is 2.75. The van der Waals surface area contributed by atoms with Crippen molar-refractivity contribution in [1.29, 1.82) is 0 Å². The molecule has 3 saturated carbocycles. The van der Waals surface area contributed by atoms with Gasteiger partial charge >= 0.3 is 5.97 Å². The van der Waals surface area contributed by atoms with Crippen molar-refractivity contribution >= 4 is 11.8 Å². The van der Waals surface area contributed by atoms with E-state index in [0.717, 1.165) is 62.6 Å². The van der Waals surface area contributed by atoms with Crippen molar-refractivity contribution in [1.82, 2.24) is 5.32 Å². The van der Waals surface area contributed by atoms with Crippen molar-refractivity contribution < 1.29 is 19.4 Å². The van der Waals surface area contributed by atoms with Crippen molar-refractivity contribution in [2.75, 3.05) is 13.2 Å². The summed E-state index contributed by atoms with van der Waals surface area (Å²) < 4.78 is 5.98. The second-order valence-electron chi connectivity index (χ2n) is 15.1. The van der Waals surface area contributed by atoms with Gasteiger partial charge < -0.3 is 15.2 Å². The summed E-state index contributed by atoms with van der Waals surface area (Å²) in [4.78, 5) is 25.5. The highest BCUT2D eigenvalue weighted by Gasteiger charge is 2.66. The molecular formula is C34H47NO4. The van der Waals surface area contributed by atoms with Crippen LogP contribution in [0.25, 0.3) is 0 Å². The van der Waals surface area contributed by atoms with Gasteiger partial charge in [0.25, 0.3) is 0 Å². The molecule has 5 heteroatoms. The maximum Gasteiger partial charge on any atom is 0.323 e. The minimum absolute atomic E-state index is 0.00772. The summed E-state index contributed by atoms with van der Waals surface area (Å²) in [5, 5.41) is 13.7. The number of fused-ring (bicyclic) bond motifs is 7. The van der Waals surface area contributed by atoms with Gasteiger partial charge in [0, 0.05) is 16.4 Å². The molecule has 0 aromatic rings. The summed E-state index contributed by atoms with van der Waals surface area (Å²) in [6.07, 6.45) is 16.0. The Bertz CT molecular complexity index is 1250. The molecule has 5 aliphatic carbocycles. The van der Waals surface area contributed by atoms with Crippen LogP contribution in [0.2, 0.25) is 0 Å². The highest BCUT2D eigenvalue weighted by atomic mass is 16.5. The van der Waals surface area contributed by atoms with Crippen molar-refractivity contribution in [2.24, 2.45) is 33.0 Å². The molecule has 39 heavy (non-hydrogen) atoms. The average molecular weight is 534 g/mol. The van der Waals surface area contributed by atoms with Crippen molar-refractivity contribution in [3.8, 4) is 0 Å². The zero-order valence-electron chi connectivity index (χ0n) is 24.8. The quantitative estimate of drug-likeness (QED) is 0.386. The molecule has 2 N–H and O–H groups in total. The van der Waals surface area contributed by atoms with Gasteiger partial charge in [-0.05, 0) is 111 Å². The van der Waals surface area contributed by atoms with E-state index in [1.54, 1.807) is 6.08 Å². The van der Waals surface area contributed by atoms with Crippen LogP contribution < -0.4 is 5.32 Å². The molecule has 6 aliphatic rings. The van der Waals surface area contributed by atoms with E-state index in [9.17, 15) is 14.7 Å². The van der Waals surface area contributed by atoms with Crippen LogP contribution in [0.4, 0.5) is 0 Å². The van der Waals surface area contributed by atoms with Gasteiger partial charge in [-0.3, -0.25) is 9.59 Å². The average Bonchev–Trinajstić information content (AvgIpc) is 3.45. The predicted octanol–water partition coefficient (Wildman–Crippen LogP) is 6.91. The van der Waals surface area contributed by atoms with E-state index in [0.29, 0.717) is 23.5 Å². The fourth-order valence-electron chi connectivity index (χ4n) is 9.89. The van der Waals surface area contributed by atoms with Crippen LogP contribution in [-0.2, 0) is 14.3 Å². The third-order valence-electron chi connectivity index (χ3n) is 12.9. The normalized spacial score (nSPS) is 45.3. The fraction of sp³-hybridized carbons (Fsp3) is 0.706. The molecular weight excluding hydrogens is 486 g/mol. The smallest absolute Gasteiger partial charge is 0.323 e. The van der Waals surface area contributed by atoms with E-state index >= 15 is 0 Å². The monoisotopic (exact) mass is 533 g/mol. The Morgan fingerprint density at radius 1 is 1.05 bits per heavy atom. The van der Waals surface area contributed by atoms with E-state index in [4.69, 9.17) is 4.74 Å². The Balaban J connectivity index is 1.32. The van der Waals surface area contributed by atoms with Gasteiger partial charge in [0.2, 0.25) is 5.78 Å². The highest BCUT2D eigenvalue weighted by molar-refractivity contribution is 6.06. The SMILES string of the molecule is CC1=C(O)C(=O)C=C2C1=CC=C1[C@@]2(C)CC[C@@]2(C)[C@@H]3C[C@](C)(COC(=O)C4CCCN4)CC[C@]3(C)CC[C@]12C. The maximum absolute atomic E-state index is 12.7. The van der Waals surface area contributed by atoms with E-state index in [1.165, 1.54) is 18.4 Å². The van der Waals surface area contributed by atoms with Crippen LogP contribution in [0.1, 0.15) is 99.3 Å². The fourth-order valence-corrected chi connectivity index (χ4v) is 9.89. The number of allylic oxidation sites excluding steroid dienone is 7. The number of carbonyl (C=O) groups is 2. The Hall–Kier alpha value is -2.14. The van der Waals surface area contributed by atoms with Gasteiger partial charge in [-0.15, -0.1) is 0 Å². The molecule has 7 atom stereocenters. The molecule has 6 rings (SSSR count). The molecule has 0 aromatic heterocycles. The van der Waals surface area contributed by atoms with Crippen LogP contribution in [0.5, 0.6) is 0 Å². The summed E-state index contributed by atoms with van der Waals surface area (Å²) >= 11 is 0. The number of ether oxygens (including phenoxy) is 1. The standard InChI is InChI=1S/C34H47NO4/c1-21-22-9-10-26-32(4,23(22)18-25(36)28(21)37)14-16-34(6)27-19-30(2,20-39-29(38)24-8-7-17-35-24)11-12-31(27,3)13-15-33(26,34)5/h9-10,18,24,27,35,37H,7-8,11-17,19-20H2,1-6H3/t24?,27-,30-,31-,32+,33-,34+/m1/s1. The van der Waals surface area contributed by atoms with Gasteiger partial charge in [-0.2, -0.15) is 0 Å². The predicted molar refractivity (Wildman–Crippen MR) is 153 cm³/mol. The largest absolute Gasteiger partial charge is 0.504 e. The summed E-state index contributed by atoms with van der Waals surface area (Å²) in [6, 6.07) is -0.133. The number of aliphatic hydroxyl groups excluding tert-OH is 1. The number of carbonyl (C=O) groups excluding carboxylic acids is 2. The molecule has 1 aliphatic heterocycles. The van der Waals surface area contributed by atoms with Crippen molar-refractivity contribution in [3.05, 3.63) is 46.3 Å². The van der Waals surface area contributed by atoms with Crippen LogP contribution in [0.15, 0.2) is 46.3 Å². The summed E-state index contributed by atoms with van der Waals surface area (Å²) in [7, 11) is 0. The molecule has 5 nitrogen and oxygen atoms in total. The molecule has 4 fully saturated rings. The Kier molecular flexibility index (Phi) is 6.02. The van der Waals surface area contributed by atoms with Gasteiger partial charge in [-0.1, -0.05) is 52.3 Å². The minimum Gasteiger partial charge on any atom is -0.504 e. The first kappa shape index (κ1) is 27.1. The molecule has 1 heterocycles. The molecule has 0 aromatic carbocycles. The maximum atomic E-state index is 12.7. The Morgan fingerprint density at radius 3 is 2.51 bits per heavy atom. The summed E-state index contributed by atoms with van der Waals surface area (Å²) in [6.45, 7) is 15.5. The third kappa shape index (κ3) is 3.74. The van der Waals surface area contributed by atoms with E-state index in [2.05, 4.69) is 52.1 Å². The first-order chi connectivity index (χ1) is 18.3.